The van der Waals surface area contributed by atoms with E-state index in [0.29, 0.717) is 0 Å². The van der Waals surface area contributed by atoms with Gasteiger partial charge in [-0.3, -0.25) is 0 Å². The Balaban J connectivity index is 1.23. The van der Waals surface area contributed by atoms with Crippen LogP contribution in [0.2, 0.25) is 0 Å². The summed E-state index contributed by atoms with van der Waals surface area (Å²) in [6, 6.07) is 62.4. The van der Waals surface area contributed by atoms with E-state index in [0.717, 1.165) is 38.8 Å². The van der Waals surface area contributed by atoms with E-state index in [2.05, 4.69) is 179 Å². The number of nitrogens with zero attached hydrogens (tertiary/aromatic N) is 2. The van der Waals surface area contributed by atoms with E-state index in [1.165, 1.54) is 81.9 Å². The lowest BCUT2D eigenvalue weighted by Crippen LogP contribution is -1.99. The Hall–Kier alpha value is -7.10. The minimum atomic E-state index is 0.896. The van der Waals surface area contributed by atoms with Crippen LogP contribution >= 0.6 is 0 Å². The fraction of sp³-hybridized carbons (Fsp3) is 0. The van der Waals surface area contributed by atoms with Crippen LogP contribution in [0.3, 0.4) is 0 Å². The SMILES string of the molecule is c1ccc2cc(-n3c4c(ccc5oc6ccccc6c54)c4ccc5c6ccccc6n(-c6ccc7c(c6)-c6cccc8cccc-7c68)c5c43)ccc2c1. The third-order valence-corrected chi connectivity index (χ3v) is 11.8. The zero-order chi connectivity index (χ0) is 34.4. The first-order valence-electron chi connectivity index (χ1n) is 18.3. The smallest absolute Gasteiger partial charge is 0.137 e. The topological polar surface area (TPSA) is 23.0 Å². The van der Waals surface area contributed by atoms with Crippen LogP contribution in [0, 0.1) is 0 Å². The standard InChI is InChI=1S/C50H28N2O/c1-2-10-31-27-32(20-19-29(31)9-1)52-48-39(25-26-45-47(48)41-14-4-6-18-44(41)53-45)40-24-23-38-35-13-3-5-17-43(35)51(49(38)50(40)52)33-21-22-34-36-15-7-11-30-12-8-16-37(46(30)36)42(34)28-33/h1-28H. The van der Waals surface area contributed by atoms with Crippen LogP contribution in [0.15, 0.2) is 174 Å². The van der Waals surface area contributed by atoms with Crippen molar-refractivity contribution in [3.8, 4) is 33.6 Å². The maximum atomic E-state index is 6.52. The van der Waals surface area contributed by atoms with Gasteiger partial charge in [0.25, 0.3) is 0 Å². The second-order valence-corrected chi connectivity index (χ2v) is 14.4. The average Bonchev–Trinajstić information content (AvgIpc) is 3.95. The average molecular weight is 673 g/mol. The van der Waals surface area contributed by atoms with Crippen molar-refractivity contribution in [1.29, 1.82) is 0 Å². The third-order valence-electron chi connectivity index (χ3n) is 11.8. The first kappa shape index (κ1) is 27.6. The molecule has 0 unspecified atom stereocenters. The fourth-order valence-electron chi connectivity index (χ4n) is 9.61. The van der Waals surface area contributed by atoms with Gasteiger partial charge in [0.05, 0.1) is 27.5 Å². The Morgan fingerprint density at radius 3 is 1.85 bits per heavy atom. The van der Waals surface area contributed by atoms with E-state index in [1.807, 2.05) is 0 Å². The summed E-state index contributed by atoms with van der Waals surface area (Å²) in [7, 11) is 0. The molecule has 1 aliphatic rings. The summed E-state index contributed by atoms with van der Waals surface area (Å²) in [6.07, 6.45) is 0. The number of rotatable bonds is 2. The minimum absolute atomic E-state index is 0.896. The maximum Gasteiger partial charge on any atom is 0.137 e. The van der Waals surface area contributed by atoms with E-state index in [9.17, 15) is 0 Å². The number of para-hydroxylation sites is 2. The molecule has 9 aromatic carbocycles. The van der Waals surface area contributed by atoms with E-state index in [1.54, 1.807) is 0 Å². The molecule has 0 saturated carbocycles. The Kier molecular flexibility index (Phi) is 5.11. The summed E-state index contributed by atoms with van der Waals surface area (Å²) in [5.41, 5.74) is 14.0. The molecule has 0 fully saturated rings. The summed E-state index contributed by atoms with van der Waals surface area (Å²) >= 11 is 0. The molecule has 0 spiro atoms. The van der Waals surface area contributed by atoms with Gasteiger partial charge in [0.1, 0.15) is 11.2 Å². The van der Waals surface area contributed by atoms with Gasteiger partial charge in [-0.05, 0) is 92.3 Å². The summed E-state index contributed by atoms with van der Waals surface area (Å²) < 4.78 is 11.5. The summed E-state index contributed by atoms with van der Waals surface area (Å²) in [4.78, 5) is 0. The molecule has 0 radical (unpaired) electrons. The number of fused-ring (bicyclic) bond motifs is 15. The molecule has 3 aromatic heterocycles. The molecule has 1 aliphatic carbocycles. The van der Waals surface area contributed by atoms with Gasteiger partial charge in [0, 0.05) is 38.3 Å². The highest BCUT2D eigenvalue weighted by Crippen LogP contribution is 2.49. The molecule has 0 atom stereocenters. The van der Waals surface area contributed by atoms with Gasteiger partial charge in [-0.2, -0.15) is 0 Å². The van der Waals surface area contributed by atoms with Crippen molar-refractivity contribution >= 4 is 87.1 Å². The monoisotopic (exact) mass is 672 g/mol. The van der Waals surface area contributed by atoms with Gasteiger partial charge < -0.3 is 13.6 Å². The van der Waals surface area contributed by atoms with Crippen LogP contribution in [0.5, 0.6) is 0 Å². The highest BCUT2D eigenvalue weighted by molar-refractivity contribution is 6.29. The number of hydrogen-bond donors (Lipinski definition) is 0. The normalized spacial score (nSPS) is 12.5. The largest absolute Gasteiger partial charge is 0.456 e. The molecule has 0 N–H and O–H groups in total. The van der Waals surface area contributed by atoms with Crippen molar-refractivity contribution in [2.24, 2.45) is 0 Å². The van der Waals surface area contributed by atoms with Crippen molar-refractivity contribution in [3.05, 3.63) is 170 Å². The van der Waals surface area contributed by atoms with Crippen LogP contribution in [0.1, 0.15) is 0 Å². The zero-order valence-corrected chi connectivity index (χ0v) is 28.5. The van der Waals surface area contributed by atoms with Gasteiger partial charge in [-0.15, -0.1) is 0 Å². The number of furan rings is 1. The number of aromatic nitrogens is 2. The molecular weight excluding hydrogens is 645 g/mol. The Morgan fingerprint density at radius 1 is 0.321 bits per heavy atom. The van der Waals surface area contributed by atoms with Crippen LogP contribution in [-0.2, 0) is 0 Å². The van der Waals surface area contributed by atoms with Gasteiger partial charge in [-0.1, -0.05) is 121 Å². The van der Waals surface area contributed by atoms with Crippen molar-refractivity contribution in [1.82, 2.24) is 9.13 Å². The first-order valence-corrected chi connectivity index (χ1v) is 18.3. The van der Waals surface area contributed by atoms with Gasteiger partial charge in [0.2, 0.25) is 0 Å². The van der Waals surface area contributed by atoms with E-state index >= 15 is 0 Å². The molecule has 0 aliphatic heterocycles. The van der Waals surface area contributed by atoms with Crippen LogP contribution in [0.4, 0.5) is 0 Å². The fourth-order valence-corrected chi connectivity index (χ4v) is 9.61. The van der Waals surface area contributed by atoms with E-state index in [4.69, 9.17) is 4.42 Å². The Morgan fingerprint density at radius 2 is 0.962 bits per heavy atom. The van der Waals surface area contributed by atoms with Gasteiger partial charge in [0.15, 0.2) is 0 Å². The Bertz CT molecular complexity index is 3570. The molecule has 0 bridgehead atoms. The third kappa shape index (κ3) is 3.49. The molecule has 3 nitrogen and oxygen atoms in total. The predicted molar refractivity (Wildman–Crippen MR) is 222 cm³/mol. The summed E-state index contributed by atoms with van der Waals surface area (Å²) in [5, 5.41) is 12.2. The second kappa shape index (κ2) is 9.81. The van der Waals surface area contributed by atoms with Crippen molar-refractivity contribution in [3.63, 3.8) is 0 Å². The first-order chi connectivity index (χ1) is 26.3. The van der Waals surface area contributed by atoms with Gasteiger partial charge >= 0.3 is 0 Å². The lowest BCUT2D eigenvalue weighted by Gasteiger charge is -2.14. The molecule has 13 rings (SSSR count). The van der Waals surface area contributed by atoms with Crippen molar-refractivity contribution in [2.45, 2.75) is 0 Å². The zero-order valence-electron chi connectivity index (χ0n) is 28.5. The highest BCUT2D eigenvalue weighted by Gasteiger charge is 2.26. The van der Waals surface area contributed by atoms with Crippen molar-refractivity contribution < 1.29 is 4.42 Å². The number of benzene rings is 9. The molecule has 244 valence electrons. The summed E-state index contributed by atoms with van der Waals surface area (Å²) in [6.45, 7) is 0. The van der Waals surface area contributed by atoms with Crippen LogP contribution < -0.4 is 0 Å². The molecule has 3 heterocycles. The van der Waals surface area contributed by atoms with E-state index in [-0.39, 0.29) is 0 Å². The summed E-state index contributed by atoms with van der Waals surface area (Å²) in [5.74, 6) is 0. The minimum Gasteiger partial charge on any atom is -0.456 e. The molecule has 12 aromatic rings. The van der Waals surface area contributed by atoms with Gasteiger partial charge in [-0.25, -0.2) is 0 Å². The Labute approximate surface area is 303 Å². The molecule has 0 saturated heterocycles. The molecule has 0 amide bonds. The molecular formula is C50H28N2O. The van der Waals surface area contributed by atoms with E-state index < -0.39 is 0 Å². The van der Waals surface area contributed by atoms with Crippen LogP contribution in [0.25, 0.3) is 121 Å². The quantitative estimate of drug-likeness (QED) is 0.179. The molecule has 3 heteroatoms. The van der Waals surface area contributed by atoms with Crippen molar-refractivity contribution in [2.75, 3.05) is 0 Å². The molecule has 53 heavy (non-hydrogen) atoms. The highest BCUT2D eigenvalue weighted by atomic mass is 16.3. The predicted octanol–water partition coefficient (Wildman–Crippen LogP) is 13.7. The lowest BCUT2D eigenvalue weighted by molar-refractivity contribution is 0.669. The van der Waals surface area contributed by atoms with Crippen LogP contribution in [-0.4, -0.2) is 9.13 Å². The number of hydrogen-bond acceptors (Lipinski definition) is 1. The maximum absolute atomic E-state index is 6.52. The lowest BCUT2D eigenvalue weighted by atomic mass is 10.0. The second-order valence-electron chi connectivity index (χ2n) is 14.4.